The highest BCUT2D eigenvalue weighted by molar-refractivity contribution is 6.09. The second-order valence-electron chi connectivity index (χ2n) is 8.92. The van der Waals surface area contributed by atoms with Crippen LogP contribution in [0.15, 0.2) is 128 Å². The van der Waals surface area contributed by atoms with Gasteiger partial charge in [0.05, 0.1) is 17.1 Å². The van der Waals surface area contributed by atoms with Gasteiger partial charge >= 0.3 is 0 Å². The Balaban J connectivity index is 1.62. The van der Waals surface area contributed by atoms with E-state index < -0.39 is 0 Å². The maximum absolute atomic E-state index is 5.30. The van der Waals surface area contributed by atoms with Crippen molar-refractivity contribution >= 4 is 16.4 Å². The molecule has 3 heterocycles. The zero-order valence-electron chi connectivity index (χ0n) is 19.2. The molecule has 7 rings (SSSR count). The van der Waals surface area contributed by atoms with Crippen LogP contribution < -0.4 is 0 Å². The third kappa shape index (κ3) is 3.17. The van der Waals surface area contributed by atoms with E-state index in [0.717, 1.165) is 29.2 Å². The first-order valence-corrected chi connectivity index (χ1v) is 11.9. The SMILES string of the molecule is c1ccc(Cn2ccn3c4c(-c5ccccc5)c(-c5ccccc5)nc-4c4ccccc4c23)cc1. The van der Waals surface area contributed by atoms with Crippen molar-refractivity contribution in [2.45, 2.75) is 6.54 Å². The molecule has 0 saturated heterocycles. The van der Waals surface area contributed by atoms with Crippen molar-refractivity contribution in [2.24, 2.45) is 0 Å². The lowest BCUT2D eigenvalue weighted by Crippen LogP contribution is -2.02. The smallest absolute Gasteiger partial charge is 0.125 e. The number of rotatable bonds is 4. The summed E-state index contributed by atoms with van der Waals surface area (Å²) in [5, 5.41) is 2.38. The Labute approximate surface area is 203 Å². The molecular formula is C32H23N3. The molecule has 0 unspecified atom stereocenters. The summed E-state index contributed by atoms with van der Waals surface area (Å²) in [6.07, 6.45) is 4.38. The Morgan fingerprint density at radius 1 is 0.543 bits per heavy atom. The molecule has 4 aromatic carbocycles. The van der Waals surface area contributed by atoms with Gasteiger partial charge in [0.2, 0.25) is 0 Å². The van der Waals surface area contributed by atoms with Gasteiger partial charge in [-0.15, -0.1) is 0 Å². The molecule has 0 fully saturated rings. The van der Waals surface area contributed by atoms with E-state index in [-0.39, 0.29) is 0 Å². The first-order valence-electron chi connectivity index (χ1n) is 11.9. The summed E-state index contributed by atoms with van der Waals surface area (Å²) in [5.74, 6) is 0. The van der Waals surface area contributed by atoms with Gasteiger partial charge in [0.25, 0.3) is 0 Å². The lowest BCUT2D eigenvalue weighted by molar-refractivity contribution is 0.832. The lowest BCUT2D eigenvalue weighted by atomic mass is 9.97. The van der Waals surface area contributed by atoms with Gasteiger partial charge < -0.3 is 4.57 Å². The first kappa shape index (κ1) is 19.8. The van der Waals surface area contributed by atoms with E-state index in [4.69, 9.17) is 4.98 Å². The third-order valence-electron chi connectivity index (χ3n) is 6.79. The number of fused-ring (bicyclic) bond motifs is 6. The van der Waals surface area contributed by atoms with Gasteiger partial charge in [-0.1, -0.05) is 115 Å². The summed E-state index contributed by atoms with van der Waals surface area (Å²) in [6, 6.07) is 40.5. The van der Waals surface area contributed by atoms with E-state index in [2.05, 4.69) is 137 Å². The molecule has 0 saturated carbocycles. The second kappa shape index (κ2) is 8.00. The highest BCUT2D eigenvalue weighted by Gasteiger charge is 2.27. The first-order chi connectivity index (χ1) is 17.4. The van der Waals surface area contributed by atoms with Crippen molar-refractivity contribution in [3.05, 3.63) is 133 Å². The fraction of sp³-hybridized carbons (Fsp3) is 0.0312. The predicted molar refractivity (Wildman–Crippen MR) is 144 cm³/mol. The van der Waals surface area contributed by atoms with Crippen LogP contribution in [0.3, 0.4) is 0 Å². The molecule has 2 aliphatic rings. The lowest BCUT2D eigenvalue weighted by Gasteiger charge is -2.14. The number of hydrogen-bond donors (Lipinski definition) is 0. The van der Waals surface area contributed by atoms with Crippen LogP contribution >= 0.6 is 0 Å². The molecule has 0 aliphatic carbocycles. The Bertz CT molecular complexity index is 1740. The quantitative estimate of drug-likeness (QED) is 0.269. The molecule has 0 spiro atoms. The molecule has 1 aromatic heterocycles. The Hall–Kier alpha value is -4.63. The molecule has 0 radical (unpaired) electrons. The molecule has 5 aromatic rings. The van der Waals surface area contributed by atoms with Crippen LogP contribution in [0.1, 0.15) is 5.56 Å². The topological polar surface area (TPSA) is 22.2 Å². The van der Waals surface area contributed by atoms with E-state index in [1.807, 2.05) is 0 Å². The summed E-state index contributed by atoms with van der Waals surface area (Å²) in [6.45, 7) is 0.813. The molecule has 0 bridgehead atoms. The average Bonchev–Trinajstić information content (AvgIpc) is 3.53. The highest BCUT2D eigenvalue weighted by Crippen LogP contribution is 2.45. The van der Waals surface area contributed by atoms with Gasteiger partial charge in [0.15, 0.2) is 0 Å². The zero-order chi connectivity index (χ0) is 23.2. The van der Waals surface area contributed by atoms with E-state index in [1.54, 1.807) is 0 Å². The number of benzene rings is 4. The van der Waals surface area contributed by atoms with Gasteiger partial charge in [-0.3, -0.25) is 4.40 Å². The van der Waals surface area contributed by atoms with Crippen LogP contribution in [0.25, 0.3) is 50.2 Å². The van der Waals surface area contributed by atoms with Crippen molar-refractivity contribution in [3.63, 3.8) is 0 Å². The Kier molecular flexibility index (Phi) is 4.52. The minimum absolute atomic E-state index is 0.813. The number of aromatic nitrogens is 3. The van der Waals surface area contributed by atoms with Gasteiger partial charge in [-0.05, 0) is 11.1 Å². The van der Waals surface area contributed by atoms with Crippen LogP contribution in [-0.2, 0) is 6.54 Å². The fourth-order valence-electron chi connectivity index (χ4n) is 5.24. The predicted octanol–water partition coefficient (Wildman–Crippen LogP) is 7.78. The highest BCUT2D eigenvalue weighted by atomic mass is 15.1. The summed E-state index contributed by atoms with van der Waals surface area (Å²) in [5.41, 5.74) is 9.14. The normalized spacial score (nSPS) is 11.5. The standard InChI is InChI=1S/C32H23N3/c1-4-12-23(13-5-1)22-34-20-21-35-31-28(24-14-6-2-7-15-24)29(25-16-8-3-9-17-25)33-30(31)26-18-10-11-19-27(26)32(34)35/h1-21H,22H2. The molecule has 0 atom stereocenters. The number of imidazole rings is 1. The van der Waals surface area contributed by atoms with Gasteiger partial charge in [0.1, 0.15) is 5.65 Å². The minimum Gasteiger partial charge on any atom is -0.328 e. The summed E-state index contributed by atoms with van der Waals surface area (Å²) in [7, 11) is 0. The van der Waals surface area contributed by atoms with Gasteiger partial charge in [0, 0.05) is 40.8 Å². The molecule has 3 heteroatoms. The third-order valence-corrected chi connectivity index (χ3v) is 6.79. The monoisotopic (exact) mass is 449 g/mol. The molecule has 35 heavy (non-hydrogen) atoms. The average molecular weight is 450 g/mol. The van der Waals surface area contributed by atoms with Crippen molar-refractivity contribution < 1.29 is 0 Å². The minimum atomic E-state index is 0.813. The molecular weight excluding hydrogens is 426 g/mol. The maximum atomic E-state index is 5.30. The Morgan fingerprint density at radius 3 is 1.86 bits per heavy atom. The van der Waals surface area contributed by atoms with Crippen LogP contribution in [0.5, 0.6) is 0 Å². The van der Waals surface area contributed by atoms with E-state index >= 15 is 0 Å². The number of nitrogens with zero attached hydrogens (tertiary/aromatic N) is 3. The summed E-state index contributed by atoms with van der Waals surface area (Å²) < 4.78 is 4.68. The number of hydrogen-bond acceptors (Lipinski definition) is 1. The second-order valence-corrected chi connectivity index (χ2v) is 8.92. The Morgan fingerprint density at radius 2 is 1.14 bits per heavy atom. The van der Waals surface area contributed by atoms with Crippen molar-refractivity contribution in [2.75, 3.05) is 0 Å². The van der Waals surface area contributed by atoms with E-state index in [1.165, 1.54) is 33.1 Å². The molecule has 2 aliphatic heterocycles. The molecule has 0 amide bonds. The summed E-state index contributed by atoms with van der Waals surface area (Å²) in [4.78, 5) is 5.30. The van der Waals surface area contributed by atoms with Crippen LogP contribution in [0.2, 0.25) is 0 Å². The number of pyridine rings is 1. The molecule has 166 valence electrons. The van der Waals surface area contributed by atoms with Crippen molar-refractivity contribution in [3.8, 4) is 33.8 Å². The largest absolute Gasteiger partial charge is 0.328 e. The zero-order valence-corrected chi connectivity index (χ0v) is 19.2. The molecule has 3 nitrogen and oxygen atoms in total. The van der Waals surface area contributed by atoms with E-state index in [9.17, 15) is 0 Å². The van der Waals surface area contributed by atoms with E-state index in [0.29, 0.717) is 0 Å². The van der Waals surface area contributed by atoms with Crippen LogP contribution in [-0.4, -0.2) is 14.0 Å². The maximum Gasteiger partial charge on any atom is 0.125 e. The van der Waals surface area contributed by atoms with Crippen LogP contribution in [0, 0.1) is 0 Å². The summed E-state index contributed by atoms with van der Waals surface area (Å²) >= 11 is 0. The molecule has 0 N–H and O–H groups in total. The van der Waals surface area contributed by atoms with Crippen LogP contribution in [0.4, 0.5) is 0 Å². The van der Waals surface area contributed by atoms with Crippen molar-refractivity contribution in [1.29, 1.82) is 0 Å². The fourth-order valence-corrected chi connectivity index (χ4v) is 5.24. The van der Waals surface area contributed by atoms with Crippen molar-refractivity contribution in [1.82, 2.24) is 14.0 Å². The van der Waals surface area contributed by atoms with Gasteiger partial charge in [-0.25, -0.2) is 4.98 Å². The van der Waals surface area contributed by atoms with Gasteiger partial charge in [-0.2, -0.15) is 0 Å².